The molecule has 0 atom stereocenters. The predicted molar refractivity (Wildman–Crippen MR) is 132 cm³/mol. The van der Waals surface area contributed by atoms with Crippen LogP contribution in [0.1, 0.15) is 37.9 Å². The minimum Gasteiger partial charge on any atom is -0.354 e. The molecule has 164 valence electrons. The van der Waals surface area contributed by atoms with Crippen LogP contribution in [0.5, 0.6) is 0 Å². The second kappa shape index (κ2) is 12.6. The molecule has 30 heavy (non-hydrogen) atoms. The maximum atomic E-state index is 12.0. The van der Waals surface area contributed by atoms with E-state index < -0.39 is 0 Å². The number of carbonyl (C=O) groups excluding carboxylic acids is 1. The summed E-state index contributed by atoms with van der Waals surface area (Å²) in [5.41, 5.74) is 2.12. The number of H-pyrrole nitrogens is 1. The zero-order valence-corrected chi connectivity index (χ0v) is 20.2. The van der Waals surface area contributed by atoms with Crippen LogP contribution in [0.3, 0.4) is 0 Å². The van der Waals surface area contributed by atoms with E-state index in [1.54, 1.807) is 7.05 Å². The molecule has 0 bridgehead atoms. The minimum absolute atomic E-state index is 0. The number of carbonyl (C=O) groups is 1. The third-order valence-electron chi connectivity index (χ3n) is 5.35. The van der Waals surface area contributed by atoms with E-state index in [4.69, 9.17) is 0 Å². The summed E-state index contributed by atoms with van der Waals surface area (Å²) in [6.45, 7) is 1.85. The zero-order chi connectivity index (χ0) is 20.5. The van der Waals surface area contributed by atoms with E-state index in [2.05, 4.69) is 37.7 Å². The van der Waals surface area contributed by atoms with Crippen molar-refractivity contribution in [3.05, 3.63) is 42.4 Å². The quantitative estimate of drug-likeness (QED) is 0.214. The molecule has 2 aromatic rings. The molecule has 0 spiro atoms. The van der Waals surface area contributed by atoms with Crippen LogP contribution in [0.2, 0.25) is 0 Å². The standard InChI is InChI=1S/C22H32N6O.HI/c1-23-22(25-13-12-24-21(29)14-17-8-6-7-9-17)28(2)16-20-26-15-19(27-20)18-10-4-3-5-11-18;/h3-5,10-11,15,17H,6-9,12-14,16H2,1-2H3,(H,23,25)(H,24,29)(H,26,27);1H. The fourth-order valence-electron chi connectivity index (χ4n) is 3.82. The Kier molecular flexibility index (Phi) is 10.1. The fraction of sp³-hybridized carbons (Fsp3) is 0.500. The maximum absolute atomic E-state index is 12.0. The smallest absolute Gasteiger partial charge is 0.220 e. The lowest BCUT2D eigenvalue weighted by Crippen LogP contribution is -2.42. The Labute approximate surface area is 196 Å². The summed E-state index contributed by atoms with van der Waals surface area (Å²) in [7, 11) is 3.73. The molecule has 0 aliphatic heterocycles. The molecule has 1 aliphatic rings. The fourth-order valence-corrected chi connectivity index (χ4v) is 3.82. The zero-order valence-electron chi connectivity index (χ0n) is 17.9. The van der Waals surface area contributed by atoms with Crippen LogP contribution in [0.15, 0.2) is 41.5 Å². The Morgan fingerprint density at radius 2 is 1.90 bits per heavy atom. The van der Waals surface area contributed by atoms with Crippen molar-refractivity contribution < 1.29 is 4.79 Å². The van der Waals surface area contributed by atoms with Gasteiger partial charge in [-0.2, -0.15) is 0 Å². The van der Waals surface area contributed by atoms with Gasteiger partial charge in [-0.15, -0.1) is 24.0 Å². The summed E-state index contributed by atoms with van der Waals surface area (Å²) in [5, 5.41) is 6.30. The molecule has 1 saturated carbocycles. The summed E-state index contributed by atoms with van der Waals surface area (Å²) in [5.74, 6) is 2.38. The monoisotopic (exact) mass is 524 g/mol. The van der Waals surface area contributed by atoms with Gasteiger partial charge in [0.1, 0.15) is 5.82 Å². The average Bonchev–Trinajstić information content (AvgIpc) is 3.41. The molecule has 1 fully saturated rings. The number of hydrogen-bond donors (Lipinski definition) is 3. The van der Waals surface area contributed by atoms with Gasteiger partial charge in [0.05, 0.1) is 18.4 Å². The number of rotatable bonds is 8. The van der Waals surface area contributed by atoms with Gasteiger partial charge in [0.2, 0.25) is 5.91 Å². The molecule has 1 aromatic heterocycles. The Bertz CT molecular complexity index is 801. The van der Waals surface area contributed by atoms with Crippen molar-refractivity contribution in [1.82, 2.24) is 25.5 Å². The first-order chi connectivity index (χ1) is 14.2. The van der Waals surface area contributed by atoms with E-state index in [0.717, 1.165) is 23.0 Å². The number of imidazole rings is 1. The van der Waals surface area contributed by atoms with Gasteiger partial charge in [-0.3, -0.25) is 9.79 Å². The van der Waals surface area contributed by atoms with Crippen molar-refractivity contribution >= 4 is 35.8 Å². The summed E-state index contributed by atoms with van der Waals surface area (Å²) >= 11 is 0. The lowest BCUT2D eigenvalue weighted by molar-refractivity contribution is -0.121. The van der Waals surface area contributed by atoms with Crippen LogP contribution >= 0.6 is 24.0 Å². The molecule has 1 amide bonds. The summed E-state index contributed by atoms with van der Waals surface area (Å²) in [6, 6.07) is 10.1. The average molecular weight is 524 g/mol. The number of aliphatic imine (C=N–C) groups is 1. The summed E-state index contributed by atoms with van der Waals surface area (Å²) in [4.78, 5) is 26.2. The summed E-state index contributed by atoms with van der Waals surface area (Å²) in [6.07, 6.45) is 7.45. The molecular weight excluding hydrogens is 491 g/mol. The third-order valence-corrected chi connectivity index (χ3v) is 5.35. The van der Waals surface area contributed by atoms with Gasteiger partial charge in [-0.1, -0.05) is 43.2 Å². The first-order valence-corrected chi connectivity index (χ1v) is 10.4. The van der Waals surface area contributed by atoms with Crippen molar-refractivity contribution in [2.24, 2.45) is 10.9 Å². The van der Waals surface area contributed by atoms with Gasteiger partial charge in [0.15, 0.2) is 5.96 Å². The molecule has 0 saturated heterocycles. The molecule has 8 heteroatoms. The van der Waals surface area contributed by atoms with Crippen LogP contribution in [0.4, 0.5) is 0 Å². The van der Waals surface area contributed by atoms with E-state index >= 15 is 0 Å². The number of hydrogen-bond acceptors (Lipinski definition) is 3. The lowest BCUT2D eigenvalue weighted by atomic mass is 10.0. The van der Waals surface area contributed by atoms with Gasteiger partial charge in [-0.25, -0.2) is 4.98 Å². The lowest BCUT2D eigenvalue weighted by Gasteiger charge is -2.21. The van der Waals surface area contributed by atoms with Gasteiger partial charge in [-0.05, 0) is 24.3 Å². The van der Waals surface area contributed by atoms with Crippen LogP contribution in [-0.4, -0.2) is 53.9 Å². The SMILES string of the molecule is CN=C(NCCNC(=O)CC1CCCC1)N(C)Cc1ncc(-c2ccccc2)[nH]1.I. The minimum atomic E-state index is 0. The first kappa shape index (κ1) is 24.2. The number of amides is 1. The van der Waals surface area contributed by atoms with Crippen molar-refractivity contribution in [3.8, 4) is 11.3 Å². The number of aromatic nitrogens is 2. The molecule has 0 radical (unpaired) electrons. The normalized spacial score (nSPS) is 14.3. The van der Waals surface area contributed by atoms with Crippen LogP contribution in [-0.2, 0) is 11.3 Å². The van der Waals surface area contributed by atoms with E-state index in [-0.39, 0.29) is 29.9 Å². The first-order valence-electron chi connectivity index (χ1n) is 10.4. The van der Waals surface area contributed by atoms with Crippen molar-refractivity contribution in [2.75, 3.05) is 27.2 Å². The molecule has 1 aliphatic carbocycles. The number of aromatic amines is 1. The van der Waals surface area contributed by atoms with Crippen molar-refractivity contribution in [1.29, 1.82) is 0 Å². The molecule has 1 aromatic carbocycles. The second-order valence-corrected chi connectivity index (χ2v) is 7.64. The highest BCUT2D eigenvalue weighted by atomic mass is 127. The van der Waals surface area contributed by atoms with Crippen molar-refractivity contribution in [2.45, 2.75) is 38.6 Å². The van der Waals surface area contributed by atoms with Gasteiger partial charge >= 0.3 is 0 Å². The number of benzene rings is 1. The van der Waals surface area contributed by atoms with E-state index in [1.165, 1.54) is 25.7 Å². The summed E-state index contributed by atoms with van der Waals surface area (Å²) < 4.78 is 0. The van der Waals surface area contributed by atoms with E-state index in [0.29, 0.717) is 32.0 Å². The Morgan fingerprint density at radius 1 is 1.20 bits per heavy atom. The highest BCUT2D eigenvalue weighted by Crippen LogP contribution is 2.27. The second-order valence-electron chi connectivity index (χ2n) is 7.64. The molecule has 0 unspecified atom stereocenters. The predicted octanol–water partition coefficient (Wildman–Crippen LogP) is 3.40. The third kappa shape index (κ3) is 7.30. The van der Waals surface area contributed by atoms with Gasteiger partial charge in [0, 0.05) is 33.6 Å². The number of guanidine groups is 1. The van der Waals surface area contributed by atoms with E-state index in [1.807, 2.05) is 36.3 Å². The molecule has 1 heterocycles. The molecule has 7 nitrogen and oxygen atoms in total. The van der Waals surface area contributed by atoms with Crippen LogP contribution in [0.25, 0.3) is 11.3 Å². The molecular formula is C22H33IN6O. The number of halogens is 1. The largest absolute Gasteiger partial charge is 0.354 e. The van der Waals surface area contributed by atoms with Gasteiger partial charge < -0.3 is 20.5 Å². The van der Waals surface area contributed by atoms with Crippen LogP contribution < -0.4 is 10.6 Å². The Balaban J connectivity index is 0.00000320. The van der Waals surface area contributed by atoms with Gasteiger partial charge in [0.25, 0.3) is 0 Å². The highest BCUT2D eigenvalue weighted by Gasteiger charge is 2.18. The highest BCUT2D eigenvalue weighted by molar-refractivity contribution is 14.0. The Hall–Kier alpha value is -2.10. The Morgan fingerprint density at radius 3 is 2.60 bits per heavy atom. The van der Waals surface area contributed by atoms with E-state index in [9.17, 15) is 4.79 Å². The van der Waals surface area contributed by atoms with Crippen LogP contribution in [0, 0.1) is 5.92 Å². The number of nitrogens with one attached hydrogen (secondary N) is 3. The molecule has 3 rings (SSSR count). The maximum Gasteiger partial charge on any atom is 0.220 e. The van der Waals surface area contributed by atoms with Crippen molar-refractivity contribution in [3.63, 3.8) is 0 Å². The number of nitrogens with zero attached hydrogens (tertiary/aromatic N) is 3. The topological polar surface area (TPSA) is 85.4 Å². The molecule has 3 N–H and O–H groups in total.